The Morgan fingerprint density at radius 2 is 1.95 bits per heavy atom. The van der Waals surface area contributed by atoms with Crippen molar-refractivity contribution < 1.29 is 0 Å². The average molecular weight is 310 g/mol. The van der Waals surface area contributed by atoms with Gasteiger partial charge in [0.1, 0.15) is 0 Å². The number of nitrogens with zero attached hydrogens (tertiary/aromatic N) is 5. The highest BCUT2D eigenvalue weighted by Crippen LogP contribution is 2.19. The van der Waals surface area contributed by atoms with Crippen LogP contribution in [0.25, 0.3) is 0 Å². The van der Waals surface area contributed by atoms with Crippen molar-refractivity contribution in [2.24, 2.45) is 0 Å². The first-order valence-corrected chi connectivity index (χ1v) is 9.09. The van der Waals surface area contributed by atoms with Gasteiger partial charge in [-0.25, -0.2) is 0 Å². The predicted octanol–water partition coefficient (Wildman–Crippen LogP) is 2.09. The molecule has 2 heterocycles. The van der Waals surface area contributed by atoms with Crippen LogP contribution in [-0.2, 0) is 0 Å². The van der Waals surface area contributed by atoms with Gasteiger partial charge in [0.15, 0.2) is 0 Å². The van der Waals surface area contributed by atoms with E-state index < -0.39 is 0 Å². The highest BCUT2D eigenvalue weighted by Gasteiger charge is 2.17. The van der Waals surface area contributed by atoms with Crippen LogP contribution >= 0.6 is 11.8 Å². The van der Waals surface area contributed by atoms with Crippen LogP contribution in [0.5, 0.6) is 0 Å². The van der Waals surface area contributed by atoms with Gasteiger partial charge in [0, 0.05) is 39.0 Å². The molecule has 1 fully saturated rings. The Hall–Kier alpha value is -1.24. The zero-order valence-corrected chi connectivity index (χ0v) is 14.1. The van der Waals surface area contributed by atoms with Gasteiger partial charge in [0.05, 0.1) is 0 Å². The molecule has 1 aliphatic heterocycles. The lowest BCUT2D eigenvalue weighted by Crippen LogP contribution is -2.32. The van der Waals surface area contributed by atoms with E-state index in [-0.39, 0.29) is 0 Å². The van der Waals surface area contributed by atoms with Gasteiger partial charge < -0.3 is 15.1 Å². The molecule has 0 amide bonds. The van der Waals surface area contributed by atoms with Crippen molar-refractivity contribution in [3.05, 3.63) is 0 Å². The van der Waals surface area contributed by atoms with Crippen molar-refractivity contribution in [2.45, 2.75) is 26.2 Å². The molecule has 1 aromatic rings. The number of aromatic nitrogens is 3. The normalized spacial score (nSPS) is 15.1. The largest absolute Gasteiger partial charge is 0.354 e. The fourth-order valence-electron chi connectivity index (χ4n) is 2.33. The third-order valence-corrected chi connectivity index (χ3v) is 4.15. The van der Waals surface area contributed by atoms with E-state index in [9.17, 15) is 0 Å². The lowest BCUT2D eigenvalue weighted by Gasteiger charge is -2.27. The highest BCUT2D eigenvalue weighted by atomic mass is 32.2. The maximum absolute atomic E-state index is 4.67. The lowest BCUT2D eigenvalue weighted by molar-refractivity contribution is 0.567. The Balaban J connectivity index is 2.20. The molecule has 2 rings (SSSR count). The molecule has 0 aliphatic carbocycles. The predicted molar refractivity (Wildman–Crippen MR) is 91.7 cm³/mol. The van der Waals surface area contributed by atoms with E-state index in [1.165, 1.54) is 19.3 Å². The van der Waals surface area contributed by atoms with Crippen molar-refractivity contribution in [1.82, 2.24) is 15.0 Å². The maximum Gasteiger partial charge on any atom is 0.231 e. The first-order valence-electron chi connectivity index (χ1n) is 7.69. The molecule has 0 spiro atoms. The minimum Gasteiger partial charge on any atom is -0.354 e. The number of piperidine rings is 1. The third kappa shape index (κ3) is 4.62. The summed E-state index contributed by atoms with van der Waals surface area (Å²) in [6.07, 6.45) is 5.87. The molecule has 118 valence electrons. The van der Waals surface area contributed by atoms with Crippen molar-refractivity contribution in [3.8, 4) is 0 Å². The quantitative estimate of drug-likeness (QED) is 0.827. The zero-order chi connectivity index (χ0) is 15.1. The average Bonchev–Trinajstić information content (AvgIpc) is 2.53. The Labute approximate surface area is 131 Å². The molecule has 1 N–H and O–H groups in total. The van der Waals surface area contributed by atoms with E-state index in [1.807, 2.05) is 18.8 Å². The van der Waals surface area contributed by atoms with Crippen molar-refractivity contribution in [3.63, 3.8) is 0 Å². The number of anilines is 3. The van der Waals surface area contributed by atoms with Gasteiger partial charge in [-0.3, -0.25) is 0 Å². The second-order valence-electron chi connectivity index (χ2n) is 5.25. The summed E-state index contributed by atoms with van der Waals surface area (Å²) < 4.78 is 0. The van der Waals surface area contributed by atoms with E-state index in [4.69, 9.17) is 0 Å². The van der Waals surface area contributed by atoms with E-state index in [0.29, 0.717) is 5.95 Å². The molecule has 0 saturated carbocycles. The SMILES string of the molecule is CCNc1nc(N(C)CCSC)nc(N2CCCCC2)n1. The van der Waals surface area contributed by atoms with Gasteiger partial charge in [-0.15, -0.1) is 0 Å². The van der Waals surface area contributed by atoms with Crippen LogP contribution in [0.15, 0.2) is 0 Å². The number of hydrogen-bond acceptors (Lipinski definition) is 7. The van der Waals surface area contributed by atoms with Gasteiger partial charge in [-0.2, -0.15) is 26.7 Å². The van der Waals surface area contributed by atoms with Gasteiger partial charge in [-0.1, -0.05) is 0 Å². The minimum atomic E-state index is 0.680. The second-order valence-corrected chi connectivity index (χ2v) is 6.24. The fraction of sp³-hybridized carbons (Fsp3) is 0.786. The maximum atomic E-state index is 4.67. The molecular formula is C14H26N6S. The molecule has 21 heavy (non-hydrogen) atoms. The van der Waals surface area contributed by atoms with E-state index >= 15 is 0 Å². The van der Waals surface area contributed by atoms with Gasteiger partial charge >= 0.3 is 0 Å². The summed E-state index contributed by atoms with van der Waals surface area (Å²) in [6.45, 7) is 5.90. The summed E-state index contributed by atoms with van der Waals surface area (Å²) in [7, 11) is 2.04. The molecule has 0 bridgehead atoms. The summed E-state index contributed by atoms with van der Waals surface area (Å²) in [5, 5.41) is 3.22. The van der Waals surface area contributed by atoms with Gasteiger partial charge in [-0.05, 0) is 32.4 Å². The van der Waals surface area contributed by atoms with Crippen LogP contribution < -0.4 is 15.1 Å². The molecule has 1 aliphatic rings. The van der Waals surface area contributed by atoms with Crippen LogP contribution in [0.1, 0.15) is 26.2 Å². The fourth-order valence-corrected chi connectivity index (χ4v) is 2.78. The number of hydrogen-bond donors (Lipinski definition) is 1. The smallest absolute Gasteiger partial charge is 0.231 e. The number of thioether (sulfide) groups is 1. The van der Waals surface area contributed by atoms with Crippen LogP contribution in [0, 0.1) is 0 Å². The number of nitrogens with one attached hydrogen (secondary N) is 1. The topological polar surface area (TPSA) is 57.2 Å². The molecular weight excluding hydrogens is 284 g/mol. The summed E-state index contributed by atoms with van der Waals surface area (Å²) >= 11 is 1.83. The molecule has 0 radical (unpaired) electrons. The van der Waals surface area contributed by atoms with Crippen molar-refractivity contribution >= 4 is 29.6 Å². The van der Waals surface area contributed by atoms with E-state index in [1.54, 1.807) is 0 Å². The summed E-state index contributed by atoms with van der Waals surface area (Å²) in [5.74, 6) is 3.32. The molecule has 1 aromatic heterocycles. The summed E-state index contributed by atoms with van der Waals surface area (Å²) in [6, 6.07) is 0. The Bertz CT molecular complexity index is 435. The Morgan fingerprint density at radius 1 is 1.19 bits per heavy atom. The molecule has 7 heteroatoms. The summed E-state index contributed by atoms with van der Waals surface area (Å²) in [4.78, 5) is 18.1. The van der Waals surface area contributed by atoms with Crippen LogP contribution in [0.4, 0.5) is 17.8 Å². The molecule has 0 unspecified atom stereocenters. The zero-order valence-electron chi connectivity index (χ0n) is 13.3. The van der Waals surface area contributed by atoms with Crippen molar-refractivity contribution in [2.75, 3.05) is 60.4 Å². The van der Waals surface area contributed by atoms with Crippen LogP contribution in [-0.4, -0.2) is 60.2 Å². The minimum absolute atomic E-state index is 0.680. The van der Waals surface area contributed by atoms with E-state index in [2.05, 4.69) is 43.2 Å². The summed E-state index contributed by atoms with van der Waals surface area (Å²) in [5.41, 5.74) is 0. The van der Waals surface area contributed by atoms with Crippen LogP contribution in [0.3, 0.4) is 0 Å². The Morgan fingerprint density at radius 3 is 2.62 bits per heavy atom. The van der Waals surface area contributed by atoms with Crippen molar-refractivity contribution in [1.29, 1.82) is 0 Å². The molecule has 0 aromatic carbocycles. The monoisotopic (exact) mass is 310 g/mol. The van der Waals surface area contributed by atoms with Gasteiger partial charge in [0.25, 0.3) is 0 Å². The van der Waals surface area contributed by atoms with Gasteiger partial charge in [0.2, 0.25) is 17.8 Å². The van der Waals surface area contributed by atoms with Crippen LogP contribution in [0.2, 0.25) is 0 Å². The number of rotatable bonds is 7. The highest BCUT2D eigenvalue weighted by molar-refractivity contribution is 7.98. The molecule has 0 atom stereocenters. The first kappa shape index (κ1) is 16.1. The first-order chi connectivity index (χ1) is 10.2. The molecule has 6 nitrogen and oxygen atoms in total. The Kier molecular flexibility index (Phi) is 6.35. The molecule has 1 saturated heterocycles. The lowest BCUT2D eigenvalue weighted by atomic mass is 10.1. The van der Waals surface area contributed by atoms with E-state index in [0.717, 1.165) is 43.8 Å². The third-order valence-electron chi connectivity index (χ3n) is 3.56. The standard InChI is InChI=1S/C14H26N6S/c1-4-15-12-16-13(19(2)10-11-21-3)18-14(17-12)20-8-6-5-7-9-20/h4-11H2,1-3H3,(H,15,16,17,18). The second kappa shape index (κ2) is 8.26.